The van der Waals surface area contributed by atoms with Crippen molar-refractivity contribution in [2.45, 2.75) is 13.0 Å². The van der Waals surface area contributed by atoms with Crippen LogP contribution in [0.15, 0.2) is 16.6 Å². The molecule has 1 N–H and O–H groups in total. The fourth-order valence-electron chi connectivity index (χ4n) is 1.56. The molecule has 6 heteroatoms. The van der Waals surface area contributed by atoms with E-state index in [1.165, 1.54) is 7.11 Å². The standard InChI is InChI=1S/C13H18BrNO4/c1-15-8-9-6-10(14)13(11(7-9)17-2)19-5-4-12(16)18-3/h6-7,15H,4-5,8H2,1-3H3. The van der Waals surface area contributed by atoms with E-state index in [4.69, 9.17) is 9.47 Å². The largest absolute Gasteiger partial charge is 0.493 e. The topological polar surface area (TPSA) is 56.8 Å². The Bertz CT molecular complexity index is 437. The van der Waals surface area contributed by atoms with Crippen LogP contribution in [0.4, 0.5) is 0 Å². The number of hydrogen-bond donors (Lipinski definition) is 1. The van der Waals surface area contributed by atoms with Crippen LogP contribution in [0.5, 0.6) is 11.5 Å². The van der Waals surface area contributed by atoms with E-state index in [2.05, 4.69) is 26.0 Å². The first-order chi connectivity index (χ1) is 9.12. The number of nitrogens with one attached hydrogen (secondary N) is 1. The fourth-order valence-corrected chi connectivity index (χ4v) is 2.16. The van der Waals surface area contributed by atoms with Gasteiger partial charge < -0.3 is 19.5 Å². The molecule has 0 aliphatic rings. The molecule has 19 heavy (non-hydrogen) atoms. The molecule has 0 spiro atoms. The Morgan fingerprint density at radius 3 is 2.68 bits per heavy atom. The summed E-state index contributed by atoms with van der Waals surface area (Å²) in [6, 6.07) is 3.85. The normalized spacial score (nSPS) is 10.1. The maximum Gasteiger partial charge on any atom is 0.308 e. The minimum Gasteiger partial charge on any atom is -0.493 e. The lowest BCUT2D eigenvalue weighted by atomic mass is 10.2. The van der Waals surface area contributed by atoms with Crippen molar-refractivity contribution in [3.63, 3.8) is 0 Å². The second-order valence-corrected chi connectivity index (χ2v) is 4.67. The van der Waals surface area contributed by atoms with Crippen molar-refractivity contribution >= 4 is 21.9 Å². The zero-order valence-electron chi connectivity index (χ0n) is 11.3. The summed E-state index contributed by atoms with van der Waals surface area (Å²) >= 11 is 3.44. The van der Waals surface area contributed by atoms with Crippen molar-refractivity contribution in [2.75, 3.05) is 27.9 Å². The third-order valence-corrected chi connectivity index (χ3v) is 3.04. The lowest BCUT2D eigenvalue weighted by Gasteiger charge is -2.14. The van der Waals surface area contributed by atoms with E-state index in [0.717, 1.165) is 16.6 Å². The van der Waals surface area contributed by atoms with E-state index in [1.54, 1.807) is 7.11 Å². The lowest BCUT2D eigenvalue weighted by Crippen LogP contribution is -2.09. The molecule has 0 aromatic heterocycles. The molecule has 0 fully saturated rings. The molecular formula is C13H18BrNO4. The number of carbonyl (C=O) groups excluding carboxylic acids is 1. The number of benzene rings is 1. The van der Waals surface area contributed by atoms with Gasteiger partial charge in [-0.3, -0.25) is 4.79 Å². The molecule has 1 aromatic carbocycles. The van der Waals surface area contributed by atoms with Gasteiger partial charge in [-0.1, -0.05) is 0 Å². The summed E-state index contributed by atoms with van der Waals surface area (Å²) in [7, 11) is 4.81. The monoisotopic (exact) mass is 331 g/mol. The van der Waals surface area contributed by atoms with Gasteiger partial charge in [0.15, 0.2) is 11.5 Å². The number of hydrogen-bond acceptors (Lipinski definition) is 5. The molecule has 0 saturated carbocycles. The van der Waals surface area contributed by atoms with E-state index >= 15 is 0 Å². The van der Waals surface area contributed by atoms with Crippen LogP contribution >= 0.6 is 15.9 Å². The van der Waals surface area contributed by atoms with Gasteiger partial charge in [0, 0.05) is 6.54 Å². The Kier molecular flexibility index (Phi) is 6.66. The van der Waals surface area contributed by atoms with Crippen molar-refractivity contribution in [1.29, 1.82) is 0 Å². The van der Waals surface area contributed by atoms with E-state index in [1.807, 2.05) is 19.2 Å². The summed E-state index contributed by atoms with van der Waals surface area (Å²) in [4.78, 5) is 11.0. The molecular weight excluding hydrogens is 314 g/mol. The summed E-state index contributed by atoms with van der Waals surface area (Å²) in [5, 5.41) is 3.07. The summed E-state index contributed by atoms with van der Waals surface area (Å²) in [5.74, 6) is 0.914. The lowest BCUT2D eigenvalue weighted by molar-refractivity contribution is -0.141. The molecule has 1 rings (SSSR count). The van der Waals surface area contributed by atoms with Crippen molar-refractivity contribution in [2.24, 2.45) is 0 Å². The summed E-state index contributed by atoms with van der Waals surface area (Å²) < 4.78 is 16.2. The molecule has 1 aromatic rings. The fraction of sp³-hybridized carbons (Fsp3) is 0.462. The van der Waals surface area contributed by atoms with Crippen LogP contribution in [0.1, 0.15) is 12.0 Å². The Labute approximate surface area is 121 Å². The van der Waals surface area contributed by atoms with Crippen LogP contribution in [-0.2, 0) is 16.1 Å². The van der Waals surface area contributed by atoms with Crippen LogP contribution in [0.3, 0.4) is 0 Å². The molecule has 0 atom stereocenters. The molecule has 106 valence electrons. The molecule has 0 saturated heterocycles. The quantitative estimate of drug-likeness (QED) is 0.775. The van der Waals surface area contributed by atoms with Gasteiger partial charge in [0.05, 0.1) is 31.7 Å². The van der Waals surface area contributed by atoms with Crippen molar-refractivity contribution in [3.8, 4) is 11.5 Å². The minimum absolute atomic E-state index is 0.199. The average Bonchev–Trinajstić information content (AvgIpc) is 2.40. The third kappa shape index (κ3) is 4.72. The second-order valence-electron chi connectivity index (χ2n) is 3.81. The van der Waals surface area contributed by atoms with Gasteiger partial charge in [-0.15, -0.1) is 0 Å². The Hall–Kier alpha value is -1.27. The van der Waals surface area contributed by atoms with Gasteiger partial charge in [-0.2, -0.15) is 0 Å². The van der Waals surface area contributed by atoms with Crippen molar-refractivity contribution < 1.29 is 19.0 Å². The molecule has 0 aliphatic carbocycles. The molecule has 0 aliphatic heterocycles. The maximum absolute atomic E-state index is 11.0. The Morgan fingerprint density at radius 1 is 1.37 bits per heavy atom. The third-order valence-electron chi connectivity index (χ3n) is 2.45. The van der Waals surface area contributed by atoms with Crippen LogP contribution in [0.25, 0.3) is 0 Å². The summed E-state index contributed by atoms with van der Waals surface area (Å²) in [5.41, 5.74) is 1.08. The smallest absolute Gasteiger partial charge is 0.308 e. The first kappa shape index (κ1) is 15.8. The number of rotatable bonds is 7. The highest BCUT2D eigenvalue weighted by Crippen LogP contribution is 2.36. The van der Waals surface area contributed by atoms with Crippen molar-refractivity contribution in [3.05, 3.63) is 22.2 Å². The Morgan fingerprint density at radius 2 is 2.11 bits per heavy atom. The van der Waals surface area contributed by atoms with Gasteiger partial charge >= 0.3 is 5.97 Å². The number of esters is 1. The first-order valence-electron chi connectivity index (χ1n) is 5.83. The summed E-state index contributed by atoms with van der Waals surface area (Å²) in [6.07, 6.45) is 0.199. The number of carbonyl (C=O) groups is 1. The van der Waals surface area contributed by atoms with Gasteiger partial charge in [0.25, 0.3) is 0 Å². The predicted octanol–water partition coefficient (Wildman–Crippen LogP) is 2.12. The number of ether oxygens (including phenoxy) is 3. The molecule has 5 nitrogen and oxygen atoms in total. The van der Waals surface area contributed by atoms with Gasteiger partial charge in [0.1, 0.15) is 0 Å². The van der Waals surface area contributed by atoms with Gasteiger partial charge in [-0.05, 0) is 40.7 Å². The van der Waals surface area contributed by atoms with E-state index in [0.29, 0.717) is 11.5 Å². The van der Waals surface area contributed by atoms with Crippen LogP contribution in [0.2, 0.25) is 0 Å². The van der Waals surface area contributed by atoms with E-state index in [9.17, 15) is 4.79 Å². The molecule has 0 heterocycles. The van der Waals surface area contributed by atoms with E-state index < -0.39 is 0 Å². The highest BCUT2D eigenvalue weighted by Gasteiger charge is 2.12. The average molecular weight is 332 g/mol. The van der Waals surface area contributed by atoms with Crippen LogP contribution in [-0.4, -0.2) is 33.8 Å². The van der Waals surface area contributed by atoms with Gasteiger partial charge in [0.2, 0.25) is 0 Å². The first-order valence-corrected chi connectivity index (χ1v) is 6.62. The Balaban J connectivity index is 2.78. The minimum atomic E-state index is -0.304. The summed E-state index contributed by atoms with van der Waals surface area (Å²) in [6.45, 7) is 0.977. The molecule has 0 amide bonds. The number of methoxy groups -OCH3 is 2. The maximum atomic E-state index is 11.0. The predicted molar refractivity (Wildman–Crippen MR) is 75.6 cm³/mol. The SMILES string of the molecule is CNCc1cc(Br)c(OCCC(=O)OC)c(OC)c1. The zero-order chi connectivity index (χ0) is 14.3. The molecule has 0 unspecified atom stereocenters. The highest BCUT2D eigenvalue weighted by atomic mass is 79.9. The van der Waals surface area contributed by atoms with E-state index in [-0.39, 0.29) is 19.0 Å². The van der Waals surface area contributed by atoms with Crippen molar-refractivity contribution in [1.82, 2.24) is 5.32 Å². The molecule has 0 radical (unpaired) electrons. The van der Waals surface area contributed by atoms with Gasteiger partial charge in [-0.25, -0.2) is 0 Å². The zero-order valence-corrected chi connectivity index (χ0v) is 12.9. The molecule has 0 bridgehead atoms. The highest BCUT2D eigenvalue weighted by molar-refractivity contribution is 9.10. The number of halogens is 1. The second kappa shape index (κ2) is 8.01. The van der Waals surface area contributed by atoms with Crippen LogP contribution in [0, 0.1) is 0 Å². The van der Waals surface area contributed by atoms with Crippen LogP contribution < -0.4 is 14.8 Å².